The number of allylic oxidation sites excluding steroid dienone is 1. The fourth-order valence-corrected chi connectivity index (χ4v) is 0.998. The minimum atomic E-state index is -0.731. The zero-order valence-corrected chi connectivity index (χ0v) is 6.28. The summed E-state index contributed by atoms with van der Waals surface area (Å²) in [6, 6.07) is -0.442. The summed E-state index contributed by atoms with van der Waals surface area (Å²) in [5, 5.41) is 17.9. The molecule has 0 fully saturated rings. The first-order valence-electron chi connectivity index (χ1n) is 3.39. The Morgan fingerprint density at radius 1 is 1.64 bits per heavy atom. The number of rotatable bonds is 1. The van der Waals surface area contributed by atoms with Crippen LogP contribution in [-0.4, -0.2) is 22.5 Å². The molecule has 0 aromatic rings. The van der Waals surface area contributed by atoms with Gasteiger partial charge in [0, 0.05) is 5.70 Å². The van der Waals surface area contributed by atoms with Crippen LogP contribution in [0.2, 0.25) is 0 Å². The molecule has 62 valence electrons. The molecular formula is C7H12N2O2. The highest BCUT2D eigenvalue weighted by Gasteiger charge is 2.21. The van der Waals surface area contributed by atoms with Crippen LogP contribution >= 0.6 is 0 Å². The van der Waals surface area contributed by atoms with Crippen LogP contribution in [0.15, 0.2) is 23.4 Å². The van der Waals surface area contributed by atoms with Gasteiger partial charge in [-0.25, -0.2) is 0 Å². The summed E-state index contributed by atoms with van der Waals surface area (Å²) in [7, 11) is 0. The van der Waals surface area contributed by atoms with Crippen molar-refractivity contribution < 1.29 is 10.3 Å². The van der Waals surface area contributed by atoms with Crippen LogP contribution in [0.3, 0.4) is 0 Å². The van der Waals surface area contributed by atoms with Gasteiger partial charge in [-0.15, -0.1) is 0 Å². The van der Waals surface area contributed by atoms with E-state index < -0.39 is 12.1 Å². The molecule has 0 saturated carbocycles. The molecule has 0 radical (unpaired) electrons. The second-order valence-corrected chi connectivity index (χ2v) is 2.60. The van der Waals surface area contributed by atoms with E-state index in [1.807, 2.05) is 5.48 Å². The molecule has 0 saturated heterocycles. The van der Waals surface area contributed by atoms with Gasteiger partial charge >= 0.3 is 0 Å². The molecule has 4 nitrogen and oxygen atoms in total. The summed E-state index contributed by atoms with van der Waals surface area (Å²) in [5.74, 6) is 0. The normalized spacial score (nSPS) is 31.2. The molecule has 0 amide bonds. The van der Waals surface area contributed by atoms with Crippen molar-refractivity contribution in [3.63, 3.8) is 0 Å². The molecule has 5 N–H and O–H groups in total. The highest BCUT2D eigenvalue weighted by Crippen LogP contribution is 2.15. The smallest absolute Gasteiger partial charge is 0.0981 e. The summed E-state index contributed by atoms with van der Waals surface area (Å²) in [5.41, 5.74) is 8.73. The Morgan fingerprint density at radius 3 is 2.82 bits per heavy atom. The Labute approximate surface area is 65.0 Å². The van der Waals surface area contributed by atoms with Gasteiger partial charge in [-0.1, -0.05) is 6.08 Å². The molecule has 11 heavy (non-hydrogen) atoms. The average molecular weight is 156 g/mol. The lowest BCUT2D eigenvalue weighted by atomic mass is 9.97. The van der Waals surface area contributed by atoms with Gasteiger partial charge in [0.05, 0.1) is 12.1 Å². The average Bonchev–Trinajstić information content (AvgIpc) is 2.01. The third-order valence-corrected chi connectivity index (χ3v) is 1.87. The Bertz CT molecular complexity index is 210. The lowest BCUT2D eigenvalue weighted by Crippen LogP contribution is -2.39. The van der Waals surface area contributed by atoms with Gasteiger partial charge in [0.1, 0.15) is 0 Å². The van der Waals surface area contributed by atoms with Crippen molar-refractivity contribution in [1.29, 1.82) is 0 Å². The molecule has 0 aliphatic heterocycles. The highest BCUT2D eigenvalue weighted by molar-refractivity contribution is 5.31. The first kappa shape index (κ1) is 8.26. The first-order chi connectivity index (χ1) is 5.16. The molecule has 0 spiro atoms. The SMILES string of the molecule is CC1=C(N)C=CC(NO)C1O. The molecule has 1 rings (SSSR count). The summed E-state index contributed by atoms with van der Waals surface area (Å²) < 4.78 is 0. The molecule has 4 heteroatoms. The highest BCUT2D eigenvalue weighted by atomic mass is 16.5. The van der Waals surface area contributed by atoms with Gasteiger partial charge in [0.25, 0.3) is 0 Å². The summed E-state index contributed by atoms with van der Waals surface area (Å²) in [4.78, 5) is 0. The second kappa shape index (κ2) is 3.04. The van der Waals surface area contributed by atoms with Crippen molar-refractivity contribution in [3.05, 3.63) is 23.4 Å². The fourth-order valence-electron chi connectivity index (χ4n) is 0.998. The molecule has 1 aliphatic carbocycles. The Morgan fingerprint density at radius 2 is 2.27 bits per heavy atom. The van der Waals surface area contributed by atoms with Gasteiger partial charge in [0.2, 0.25) is 0 Å². The zero-order chi connectivity index (χ0) is 8.43. The Balaban J connectivity index is 2.82. The van der Waals surface area contributed by atoms with Gasteiger partial charge in [-0.05, 0) is 18.6 Å². The second-order valence-electron chi connectivity index (χ2n) is 2.60. The molecule has 0 aromatic carbocycles. The monoisotopic (exact) mass is 156 g/mol. The lowest BCUT2D eigenvalue weighted by molar-refractivity contribution is 0.0753. The van der Waals surface area contributed by atoms with E-state index in [0.29, 0.717) is 11.3 Å². The van der Waals surface area contributed by atoms with Gasteiger partial charge in [-0.2, -0.15) is 5.48 Å². The number of aliphatic hydroxyl groups is 1. The minimum Gasteiger partial charge on any atom is -0.399 e. The van der Waals surface area contributed by atoms with Crippen molar-refractivity contribution in [1.82, 2.24) is 5.48 Å². The van der Waals surface area contributed by atoms with E-state index in [4.69, 9.17) is 10.9 Å². The van der Waals surface area contributed by atoms with Crippen LogP contribution in [-0.2, 0) is 0 Å². The van der Waals surface area contributed by atoms with Crippen molar-refractivity contribution >= 4 is 0 Å². The van der Waals surface area contributed by atoms with Crippen LogP contribution in [0.25, 0.3) is 0 Å². The zero-order valence-electron chi connectivity index (χ0n) is 6.28. The maximum Gasteiger partial charge on any atom is 0.0981 e. The maximum absolute atomic E-state index is 9.40. The molecule has 0 aromatic heterocycles. The molecule has 2 atom stereocenters. The maximum atomic E-state index is 9.40. The Hall–Kier alpha value is -0.840. The number of hydroxylamine groups is 1. The minimum absolute atomic E-state index is 0.442. The van der Waals surface area contributed by atoms with Crippen LogP contribution in [0.5, 0.6) is 0 Å². The number of aliphatic hydroxyl groups excluding tert-OH is 1. The molecular weight excluding hydrogens is 144 g/mol. The number of nitrogens with two attached hydrogens (primary N) is 1. The van der Waals surface area contributed by atoms with Crippen molar-refractivity contribution in [2.45, 2.75) is 19.1 Å². The third kappa shape index (κ3) is 1.42. The largest absolute Gasteiger partial charge is 0.399 e. The fraction of sp³-hybridized carbons (Fsp3) is 0.429. The lowest BCUT2D eigenvalue weighted by Gasteiger charge is -2.23. The van der Waals surface area contributed by atoms with E-state index in [1.54, 1.807) is 19.1 Å². The van der Waals surface area contributed by atoms with Crippen LogP contribution in [0.4, 0.5) is 0 Å². The number of nitrogens with one attached hydrogen (secondary N) is 1. The van der Waals surface area contributed by atoms with Gasteiger partial charge in [0.15, 0.2) is 0 Å². The van der Waals surface area contributed by atoms with Crippen molar-refractivity contribution in [3.8, 4) is 0 Å². The molecule has 1 aliphatic rings. The molecule has 2 unspecified atom stereocenters. The predicted molar refractivity (Wildman–Crippen MR) is 40.7 cm³/mol. The quantitative estimate of drug-likeness (QED) is 0.386. The topological polar surface area (TPSA) is 78.5 Å². The van der Waals surface area contributed by atoms with Crippen LogP contribution in [0, 0.1) is 0 Å². The van der Waals surface area contributed by atoms with Crippen LogP contribution in [0.1, 0.15) is 6.92 Å². The van der Waals surface area contributed by atoms with E-state index >= 15 is 0 Å². The van der Waals surface area contributed by atoms with Gasteiger partial charge in [-0.3, -0.25) is 0 Å². The van der Waals surface area contributed by atoms with E-state index in [-0.39, 0.29) is 0 Å². The van der Waals surface area contributed by atoms with E-state index in [9.17, 15) is 5.11 Å². The van der Waals surface area contributed by atoms with Crippen molar-refractivity contribution in [2.24, 2.45) is 5.73 Å². The molecule has 0 bridgehead atoms. The summed E-state index contributed by atoms with van der Waals surface area (Å²) in [6.45, 7) is 1.73. The van der Waals surface area contributed by atoms with E-state index in [1.165, 1.54) is 0 Å². The Kier molecular flexibility index (Phi) is 2.28. The van der Waals surface area contributed by atoms with E-state index in [0.717, 1.165) is 0 Å². The van der Waals surface area contributed by atoms with E-state index in [2.05, 4.69) is 0 Å². The predicted octanol–water partition coefficient (Wildman–Crippen LogP) is -0.503. The summed E-state index contributed by atoms with van der Waals surface area (Å²) in [6.07, 6.45) is 2.55. The standard InChI is InChI=1S/C7H12N2O2/c1-4-5(8)2-3-6(9-11)7(4)10/h2-3,6-7,9-11H,8H2,1H3. The van der Waals surface area contributed by atoms with Crippen molar-refractivity contribution in [2.75, 3.05) is 0 Å². The number of hydrogen-bond donors (Lipinski definition) is 4. The third-order valence-electron chi connectivity index (χ3n) is 1.87. The summed E-state index contributed by atoms with van der Waals surface area (Å²) >= 11 is 0. The van der Waals surface area contributed by atoms with Crippen LogP contribution < -0.4 is 11.2 Å². The first-order valence-corrected chi connectivity index (χ1v) is 3.39. The number of hydrogen-bond acceptors (Lipinski definition) is 4. The molecule has 0 heterocycles. The van der Waals surface area contributed by atoms with Gasteiger partial charge < -0.3 is 16.0 Å².